The molecule has 0 saturated heterocycles. The number of carbonyl (C=O) groups excluding carboxylic acids is 1. The minimum Gasteiger partial charge on any atom is -0.462 e. The fraction of sp³-hybridized carbons (Fsp3) is 0.412. The van der Waals surface area contributed by atoms with Gasteiger partial charge in [0.05, 0.1) is 12.2 Å². The van der Waals surface area contributed by atoms with Gasteiger partial charge in [0.1, 0.15) is 6.04 Å². The van der Waals surface area contributed by atoms with Crippen molar-refractivity contribution < 1.29 is 9.53 Å². The highest BCUT2D eigenvalue weighted by Gasteiger charge is 2.34. The molecule has 0 spiro atoms. The van der Waals surface area contributed by atoms with Gasteiger partial charge in [0.25, 0.3) is 0 Å². The van der Waals surface area contributed by atoms with E-state index in [4.69, 9.17) is 4.74 Å². The van der Waals surface area contributed by atoms with Crippen molar-refractivity contribution in [1.82, 2.24) is 20.2 Å². The Balaban J connectivity index is 1.99. The van der Waals surface area contributed by atoms with Crippen molar-refractivity contribution in [3.63, 3.8) is 0 Å². The minimum atomic E-state index is -0.406. The molecule has 0 amide bonds. The number of rotatable bonds is 6. The second kappa shape index (κ2) is 7.69. The summed E-state index contributed by atoms with van der Waals surface area (Å²) in [6.07, 6.45) is 3.84. The molecular formula is C17H21N5O2S. The van der Waals surface area contributed by atoms with E-state index in [2.05, 4.69) is 27.8 Å². The Morgan fingerprint density at radius 2 is 2.12 bits per heavy atom. The fourth-order valence-electron chi connectivity index (χ4n) is 2.76. The van der Waals surface area contributed by atoms with E-state index in [0.717, 1.165) is 23.3 Å². The van der Waals surface area contributed by atoms with E-state index in [-0.39, 0.29) is 5.97 Å². The number of benzene rings is 1. The Kier molecular flexibility index (Phi) is 5.37. The van der Waals surface area contributed by atoms with E-state index in [1.807, 2.05) is 37.4 Å². The van der Waals surface area contributed by atoms with Crippen molar-refractivity contribution in [3.05, 3.63) is 41.1 Å². The van der Waals surface area contributed by atoms with Crippen LogP contribution in [0.1, 0.15) is 38.3 Å². The molecule has 1 aliphatic rings. The summed E-state index contributed by atoms with van der Waals surface area (Å²) >= 11 is 1.67. The van der Waals surface area contributed by atoms with Crippen molar-refractivity contribution in [3.8, 4) is 0 Å². The molecule has 0 bridgehead atoms. The Labute approximate surface area is 150 Å². The lowest BCUT2D eigenvalue weighted by atomic mass is 9.96. The summed E-state index contributed by atoms with van der Waals surface area (Å²) in [6.45, 7) is 4.31. The molecule has 3 rings (SSSR count). The largest absolute Gasteiger partial charge is 0.462 e. The van der Waals surface area contributed by atoms with Crippen LogP contribution >= 0.6 is 11.8 Å². The van der Waals surface area contributed by atoms with Crippen LogP contribution < -0.4 is 5.32 Å². The lowest BCUT2D eigenvalue weighted by Crippen LogP contribution is -2.29. The van der Waals surface area contributed by atoms with Gasteiger partial charge in [0.2, 0.25) is 5.95 Å². The molecular weight excluding hydrogens is 338 g/mol. The molecule has 0 radical (unpaired) electrons. The number of fused-ring (bicyclic) bond motifs is 1. The highest BCUT2D eigenvalue weighted by molar-refractivity contribution is 7.98. The second-order valence-electron chi connectivity index (χ2n) is 5.78. The normalized spacial score (nSPS) is 16.4. The van der Waals surface area contributed by atoms with Crippen LogP contribution in [-0.2, 0) is 9.53 Å². The van der Waals surface area contributed by atoms with E-state index in [1.165, 1.54) is 0 Å². The number of allylic oxidation sites excluding steroid dienone is 1. The number of nitrogens with zero attached hydrogens (tertiary/aromatic N) is 4. The molecule has 2 heterocycles. The number of esters is 1. The lowest BCUT2D eigenvalue weighted by Gasteiger charge is -2.27. The maximum atomic E-state index is 12.7. The first-order valence-electron chi connectivity index (χ1n) is 8.22. The lowest BCUT2D eigenvalue weighted by molar-refractivity contribution is -0.139. The number of hydrogen-bond donors (Lipinski definition) is 1. The quantitative estimate of drug-likeness (QED) is 0.482. The maximum Gasteiger partial charge on any atom is 0.338 e. The minimum absolute atomic E-state index is 0.335. The van der Waals surface area contributed by atoms with E-state index in [9.17, 15) is 4.79 Å². The second-order valence-corrected chi connectivity index (χ2v) is 6.66. The van der Waals surface area contributed by atoms with Crippen LogP contribution in [0.15, 0.2) is 40.4 Å². The molecule has 1 unspecified atom stereocenters. The Morgan fingerprint density at radius 1 is 1.36 bits per heavy atom. The van der Waals surface area contributed by atoms with Gasteiger partial charge in [-0.05, 0) is 47.7 Å². The van der Waals surface area contributed by atoms with Gasteiger partial charge in [-0.2, -0.15) is 4.68 Å². The van der Waals surface area contributed by atoms with E-state index >= 15 is 0 Å². The zero-order valence-corrected chi connectivity index (χ0v) is 15.3. The third-order valence-corrected chi connectivity index (χ3v) is 4.84. The van der Waals surface area contributed by atoms with Crippen molar-refractivity contribution in [2.24, 2.45) is 0 Å². The van der Waals surface area contributed by atoms with E-state index < -0.39 is 6.04 Å². The predicted molar refractivity (Wildman–Crippen MR) is 96.4 cm³/mol. The van der Waals surface area contributed by atoms with Crippen molar-refractivity contribution in [2.45, 2.75) is 37.6 Å². The SMILES string of the molecule is CCCCOC(=O)C1=C(C)Nc2nnnn2C1c1ccc(SC)cc1. The first kappa shape index (κ1) is 17.5. The highest BCUT2D eigenvalue weighted by Crippen LogP contribution is 2.35. The zero-order chi connectivity index (χ0) is 17.8. The van der Waals surface area contributed by atoms with Gasteiger partial charge in [-0.1, -0.05) is 30.6 Å². The first-order valence-corrected chi connectivity index (χ1v) is 9.45. The molecule has 0 saturated carbocycles. The molecule has 7 nitrogen and oxygen atoms in total. The average Bonchev–Trinajstić information content (AvgIpc) is 3.08. The summed E-state index contributed by atoms with van der Waals surface area (Å²) in [4.78, 5) is 13.9. The molecule has 0 aliphatic carbocycles. The monoisotopic (exact) mass is 359 g/mol. The van der Waals surface area contributed by atoms with Crippen molar-refractivity contribution in [1.29, 1.82) is 0 Å². The molecule has 8 heteroatoms. The third kappa shape index (κ3) is 3.53. The predicted octanol–water partition coefficient (Wildman–Crippen LogP) is 3.03. The van der Waals surface area contributed by atoms with Gasteiger partial charge in [0.15, 0.2) is 0 Å². The van der Waals surface area contributed by atoms with Gasteiger partial charge in [0, 0.05) is 10.6 Å². The Bertz CT molecular complexity index is 785. The number of unbranched alkanes of at least 4 members (excludes halogenated alkanes) is 1. The maximum absolute atomic E-state index is 12.7. The molecule has 132 valence electrons. The zero-order valence-electron chi connectivity index (χ0n) is 14.5. The first-order chi connectivity index (χ1) is 12.2. The number of anilines is 1. The summed E-state index contributed by atoms with van der Waals surface area (Å²) in [5.74, 6) is 0.181. The molecule has 1 N–H and O–H groups in total. The number of thioether (sulfide) groups is 1. The molecule has 1 aromatic carbocycles. The summed E-state index contributed by atoms with van der Waals surface area (Å²) in [5.41, 5.74) is 2.19. The van der Waals surface area contributed by atoms with Crippen molar-refractivity contribution >= 4 is 23.7 Å². The van der Waals surface area contributed by atoms with Gasteiger partial charge in [-0.25, -0.2) is 4.79 Å². The van der Waals surface area contributed by atoms with Crippen LogP contribution in [0.4, 0.5) is 5.95 Å². The van der Waals surface area contributed by atoms with E-state index in [0.29, 0.717) is 23.8 Å². The number of hydrogen-bond acceptors (Lipinski definition) is 7. The molecule has 1 atom stereocenters. The topological polar surface area (TPSA) is 81.9 Å². The molecule has 0 fully saturated rings. The van der Waals surface area contributed by atoms with Crippen LogP contribution in [0.3, 0.4) is 0 Å². The standard InChI is InChI=1S/C17H21N5O2S/c1-4-5-10-24-16(23)14-11(2)18-17-19-20-21-22(17)15(14)12-6-8-13(25-3)9-7-12/h6-9,15H,4-5,10H2,1-3H3,(H,18,19,21). The van der Waals surface area contributed by atoms with E-state index in [1.54, 1.807) is 16.4 Å². The Hall–Kier alpha value is -2.35. The highest BCUT2D eigenvalue weighted by atomic mass is 32.2. The van der Waals surface area contributed by atoms with Gasteiger partial charge < -0.3 is 10.1 Å². The molecule has 1 aliphatic heterocycles. The summed E-state index contributed by atoms with van der Waals surface area (Å²) in [7, 11) is 0. The Morgan fingerprint density at radius 3 is 2.80 bits per heavy atom. The fourth-order valence-corrected chi connectivity index (χ4v) is 3.17. The van der Waals surface area contributed by atoms with Crippen LogP contribution in [0.2, 0.25) is 0 Å². The van der Waals surface area contributed by atoms with Crippen LogP contribution in [0, 0.1) is 0 Å². The smallest absolute Gasteiger partial charge is 0.338 e. The average molecular weight is 359 g/mol. The van der Waals surface area contributed by atoms with Crippen LogP contribution in [0.25, 0.3) is 0 Å². The third-order valence-electron chi connectivity index (χ3n) is 4.10. The van der Waals surface area contributed by atoms with Crippen molar-refractivity contribution in [2.75, 3.05) is 18.2 Å². The van der Waals surface area contributed by atoms with Gasteiger partial charge >= 0.3 is 5.97 Å². The number of tetrazole rings is 1. The molecule has 2 aromatic rings. The van der Waals surface area contributed by atoms with Crippen LogP contribution in [0.5, 0.6) is 0 Å². The molecule has 25 heavy (non-hydrogen) atoms. The number of aromatic nitrogens is 4. The molecule has 1 aromatic heterocycles. The number of nitrogens with one attached hydrogen (secondary N) is 1. The summed E-state index contributed by atoms with van der Waals surface area (Å²) < 4.78 is 7.08. The number of ether oxygens (including phenoxy) is 1. The van der Waals surface area contributed by atoms with Gasteiger partial charge in [-0.3, -0.25) is 0 Å². The van der Waals surface area contributed by atoms with Gasteiger partial charge in [-0.15, -0.1) is 11.8 Å². The van der Waals surface area contributed by atoms with Crippen LogP contribution in [-0.4, -0.2) is 39.0 Å². The number of carbonyl (C=O) groups is 1. The summed E-state index contributed by atoms with van der Waals surface area (Å²) in [5, 5.41) is 14.9. The summed E-state index contributed by atoms with van der Waals surface area (Å²) in [6, 6.07) is 7.65.